The molecule has 0 atom stereocenters. The predicted octanol–water partition coefficient (Wildman–Crippen LogP) is 5.73. The summed E-state index contributed by atoms with van der Waals surface area (Å²) in [4.78, 5) is 14.1. The van der Waals surface area contributed by atoms with Crippen LogP contribution >= 0.6 is 11.3 Å². The molecule has 4 nitrogen and oxygen atoms in total. The number of anilines is 3. The largest absolute Gasteiger partial charge is 0.378 e. The fourth-order valence-electron chi connectivity index (χ4n) is 2.94. The highest BCUT2D eigenvalue weighted by molar-refractivity contribution is 7.18. The number of rotatable bonds is 5. The Kier molecular flexibility index (Phi) is 4.77. The van der Waals surface area contributed by atoms with Crippen molar-refractivity contribution in [1.29, 1.82) is 0 Å². The molecule has 0 spiro atoms. The summed E-state index contributed by atoms with van der Waals surface area (Å²) in [6.07, 6.45) is 0.999. The minimum absolute atomic E-state index is 0.750. The molecular formula is C22H22N4S. The third kappa shape index (κ3) is 3.64. The Balaban J connectivity index is 1.78. The van der Waals surface area contributed by atoms with Gasteiger partial charge in [-0.2, -0.15) is 0 Å². The van der Waals surface area contributed by atoms with Crippen molar-refractivity contribution in [3.05, 3.63) is 65.5 Å². The maximum absolute atomic E-state index is 4.85. The van der Waals surface area contributed by atoms with E-state index in [1.165, 1.54) is 10.6 Å². The Hall–Kier alpha value is -2.92. The summed E-state index contributed by atoms with van der Waals surface area (Å²) in [5.74, 6) is 1.60. The second kappa shape index (κ2) is 7.37. The van der Waals surface area contributed by atoms with Gasteiger partial charge in [-0.25, -0.2) is 9.97 Å². The zero-order chi connectivity index (χ0) is 18.8. The van der Waals surface area contributed by atoms with Gasteiger partial charge in [-0.1, -0.05) is 37.3 Å². The topological polar surface area (TPSA) is 41.0 Å². The van der Waals surface area contributed by atoms with Gasteiger partial charge in [0.1, 0.15) is 10.6 Å². The summed E-state index contributed by atoms with van der Waals surface area (Å²) in [5.41, 5.74) is 3.21. The van der Waals surface area contributed by atoms with Gasteiger partial charge in [0.25, 0.3) is 0 Å². The van der Waals surface area contributed by atoms with Gasteiger partial charge in [-0.3, -0.25) is 0 Å². The second-order valence-electron chi connectivity index (χ2n) is 6.61. The quantitative estimate of drug-likeness (QED) is 0.484. The molecule has 2 aromatic heterocycles. The maximum atomic E-state index is 4.85. The number of fused-ring (bicyclic) bond motifs is 1. The van der Waals surface area contributed by atoms with E-state index in [0.29, 0.717) is 0 Å². The summed E-state index contributed by atoms with van der Waals surface area (Å²) in [5, 5.41) is 4.57. The molecule has 0 saturated heterocycles. The number of nitrogens with zero attached hydrogens (tertiary/aromatic N) is 3. The fourth-order valence-corrected chi connectivity index (χ4v) is 3.90. The lowest BCUT2D eigenvalue weighted by atomic mass is 10.2. The van der Waals surface area contributed by atoms with Crippen LogP contribution in [0.4, 0.5) is 17.2 Å². The van der Waals surface area contributed by atoms with Gasteiger partial charge < -0.3 is 10.2 Å². The first-order valence-corrected chi connectivity index (χ1v) is 9.86. The molecule has 136 valence electrons. The molecule has 0 radical (unpaired) electrons. The molecule has 0 aliphatic carbocycles. The van der Waals surface area contributed by atoms with Gasteiger partial charge in [-0.15, -0.1) is 11.3 Å². The summed E-state index contributed by atoms with van der Waals surface area (Å²) in [6, 6.07) is 20.7. The average molecular weight is 375 g/mol. The predicted molar refractivity (Wildman–Crippen MR) is 116 cm³/mol. The summed E-state index contributed by atoms with van der Waals surface area (Å²) >= 11 is 1.74. The lowest BCUT2D eigenvalue weighted by molar-refractivity contribution is 1.13. The molecule has 5 heteroatoms. The SMILES string of the molecule is CCc1cc2c(Nc3ccc(N(C)C)cc3)nc(-c3ccccc3)nc2s1. The molecule has 1 N–H and O–H groups in total. The molecule has 0 aliphatic heterocycles. The fraction of sp³-hybridized carbons (Fsp3) is 0.182. The van der Waals surface area contributed by atoms with E-state index < -0.39 is 0 Å². The van der Waals surface area contributed by atoms with Crippen molar-refractivity contribution < 1.29 is 0 Å². The molecule has 27 heavy (non-hydrogen) atoms. The Morgan fingerprint density at radius 3 is 2.37 bits per heavy atom. The van der Waals surface area contributed by atoms with Crippen molar-refractivity contribution in [1.82, 2.24) is 9.97 Å². The smallest absolute Gasteiger partial charge is 0.163 e. The number of benzene rings is 2. The highest BCUT2D eigenvalue weighted by Crippen LogP contribution is 2.33. The normalized spacial score (nSPS) is 10.9. The monoisotopic (exact) mass is 374 g/mol. The first kappa shape index (κ1) is 17.5. The molecule has 4 aromatic rings. The third-order valence-electron chi connectivity index (χ3n) is 4.47. The van der Waals surface area contributed by atoms with E-state index in [1.807, 2.05) is 44.4 Å². The molecule has 0 saturated carbocycles. The number of nitrogens with one attached hydrogen (secondary N) is 1. The molecule has 4 rings (SSSR count). The van der Waals surface area contributed by atoms with Gasteiger partial charge in [0.2, 0.25) is 0 Å². The number of hydrogen-bond acceptors (Lipinski definition) is 5. The Morgan fingerprint density at radius 1 is 0.963 bits per heavy atom. The third-order valence-corrected chi connectivity index (χ3v) is 5.64. The average Bonchev–Trinajstić information content (AvgIpc) is 3.13. The van der Waals surface area contributed by atoms with Crippen molar-refractivity contribution in [3.63, 3.8) is 0 Å². The van der Waals surface area contributed by atoms with E-state index in [9.17, 15) is 0 Å². The van der Waals surface area contributed by atoms with Crippen LogP contribution in [0.5, 0.6) is 0 Å². The van der Waals surface area contributed by atoms with Crippen LogP contribution in [0.2, 0.25) is 0 Å². The van der Waals surface area contributed by atoms with Gasteiger partial charge >= 0.3 is 0 Å². The number of hydrogen-bond donors (Lipinski definition) is 1. The zero-order valence-electron chi connectivity index (χ0n) is 15.7. The van der Waals surface area contributed by atoms with Crippen LogP contribution in [0.25, 0.3) is 21.6 Å². The minimum Gasteiger partial charge on any atom is -0.378 e. The molecule has 2 aromatic carbocycles. The van der Waals surface area contributed by atoms with E-state index >= 15 is 0 Å². The van der Waals surface area contributed by atoms with Crippen molar-refractivity contribution >= 4 is 38.7 Å². The maximum Gasteiger partial charge on any atom is 0.163 e. The molecule has 2 heterocycles. The van der Waals surface area contributed by atoms with Gasteiger partial charge in [0.15, 0.2) is 5.82 Å². The van der Waals surface area contributed by atoms with E-state index in [4.69, 9.17) is 9.97 Å². The summed E-state index contributed by atoms with van der Waals surface area (Å²) in [6.45, 7) is 2.17. The van der Waals surface area contributed by atoms with E-state index in [2.05, 4.69) is 47.5 Å². The van der Waals surface area contributed by atoms with Crippen LogP contribution in [0.1, 0.15) is 11.8 Å². The Labute approximate surface area is 163 Å². The lowest BCUT2D eigenvalue weighted by Gasteiger charge is -2.14. The van der Waals surface area contributed by atoms with E-state index in [0.717, 1.165) is 39.5 Å². The van der Waals surface area contributed by atoms with E-state index in [-0.39, 0.29) is 0 Å². The second-order valence-corrected chi connectivity index (χ2v) is 7.73. The van der Waals surface area contributed by atoms with Gasteiger partial charge in [-0.05, 0) is 36.8 Å². The summed E-state index contributed by atoms with van der Waals surface area (Å²) in [7, 11) is 4.08. The molecule has 0 bridgehead atoms. The molecule has 0 unspecified atom stereocenters. The minimum atomic E-state index is 0.750. The van der Waals surface area contributed by atoms with Crippen molar-refractivity contribution in [2.75, 3.05) is 24.3 Å². The number of aromatic nitrogens is 2. The lowest BCUT2D eigenvalue weighted by Crippen LogP contribution is -2.08. The zero-order valence-corrected chi connectivity index (χ0v) is 16.5. The first-order chi connectivity index (χ1) is 13.1. The molecule has 0 amide bonds. The van der Waals surface area contributed by atoms with Crippen LogP contribution < -0.4 is 10.2 Å². The van der Waals surface area contributed by atoms with Crippen molar-refractivity contribution in [3.8, 4) is 11.4 Å². The van der Waals surface area contributed by atoms with Crippen molar-refractivity contribution in [2.24, 2.45) is 0 Å². The van der Waals surface area contributed by atoms with Gasteiger partial charge in [0, 0.05) is 35.9 Å². The molecule has 0 fully saturated rings. The summed E-state index contributed by atoms with van der Waals surface area (Å²) < 4.78 is 0. The van der Waals surface area contributed by atoms with Crippen molar-refractivity contribution in [2.45, 2.75) is 13.3 Å². The van der Waals surface area contributed by atoms with Crippen LogP contribution in [-0.2, 0) is 6.42 Å². The number of aryl methyl sites for hydroxylation is 1. The Morgan fingerprint density at radius 2 is 1.70 bits per heavy atom. The molecular weight excluding hydrogens is 352 g/mol. The van der Waals surface area contributed by atoms with Crippen LogP contribution in [0, 0.1) is 0 Å². The van der Waals surface area contributed by atoms with Gasteiger partial charge in [0.05, 0.1) is 5.39 Å². The van der Waals surface area contributed by atoms with Crippen LogP contribution in [0.3, 0.4) is 0 Å². The van der Waals surface area contributed by atoms with E-state index in [1.54, 1.807) is 11.3 Å². The van der Waals surface area contributed by atoms with Crippen LogP contribution in [0.15, 0.2) is 60.7 Å². The highest BCUT2D eigenvalue weighted by atomic mass is 32.1. The first-order valence-electron chi connectivity index (χ1n) is 9.04. The molecule has 0 aliphatic rings. The number of thiophene rings is 1. The van der Waals surface area contributed by atoms with Crippen LogP contribution in [-0.4, -0.2) is 24.1 Å². The highest BCUT2D eigenvalue weighted by Gasteiger charge is 2.13. The Bertz CT molecular complexity index is 1050. The standard InChI is InChI=1S/C22H22N4S/c1-4-18-14-19-21(23-16-10-12-17(13-11-16)26(2)3)24-20(25-22(19)27-18)15-8-6-5-7-9-15/h5-14H,4H2,1-3H3,(H,23,24,25).